The number of hydrogen-bond acceptors (Lipinski definition) is 8. The van der Waals surface area contributed by atoms with Gasteiger partial charge in [0.25, 0.3) is 0 Å². The highest BCUT2D eigenvalue weighted by molar-refractivity contribution is 7.99. The number of nitrogens with zero attached hydrogens (tertiary/aromatic N) is 4. The monoisotopic (exact) mass is 474 g/mol. The molecule has 11 heteroatoms. The zero-order chi connectivity index (χ0) is 22.1. The number of esters is 1. The molecular formula is C21H26N6O3S2. The number of hydrogen-bond donors (Lipinski definition) is 2. The summed E-state index contributed by atoms with van der Waals surface area (Å²) in [6.07, 6.45) is 4.62. The van der Waals surface area contributed by atoms with Gasteiger partial charge in [-0.2, -0.15) is 0 Å². The number of urea groups is 1. The van der Waals surface area contributed by atoms with Crippen molar-refractivity contribution in [3.63, 3.8) is 0 Å². The average Bonchev–Trinajstić information content (AvgIpc) is 3.20. The number of aromatic nitrogens is 3. The molecule has 1 unspecified atom stereocenters. The van der Waals surface area contributed by atoms with Gasteiger partial charge in [0.05, 0.1) is 18.2 Å². The number of carbonyl (C=O) groups excluding carboxylic acids is 2. The van der Waals surface area contributed by atoms with E-state index in [1.54, 1.807) is 6.92 Å². The van der Waals surface area contributed by atoms with Crippen LogP contribution in [0.5, 0.6) is 0 Å². The minimum absolute atomic E-state index is 0.267. The van der Waals surface area contributed by atoms with Crippen molar-refractivity contribution in [3.8, 4) is 0 Å². The van der Waals surface area contributed by atoms with Crippen LogP contribution in [0.1, 0.15) is 49.6 Å². The average molecular weight is 475 g/mol. The largest absolute Gasteiger partial charge is 0.463 e. The summed E-state index contributed by atoms with van der Waals surface area (Å²) >= 11 is 3.00. The highest BCUT2D eigenvalue weighted by Gasteiger charge is 2.36. The van der Waals surface area contributed by atoms with Crippen molar-refractivity contribution in [2.45, 2.75) is 49.8 Å². The molecule has 2 aliphatic heterocycles. The minimum Gasteiger partial charge on any atom is -0.463 e. The highest BCUT2D eigenvalue weighted by Crippen LogP contribution is 2.42. The van der Waals surface area contributed by atoms with Crippen LogP contribution in [0.2, 0.25) is 0 Å². The summed E-state index contributed by atoms with van der Waals surface area (Å²) < 4.78 is 7.57. The number of carbonyl (C=O) groups is 2. The van der Waals surface area contributed by atoms with Crippen molar-refractivity contribution in [1.82, 2.24) is 25.4 Å². The fourth-order valence-corrected chi connectivity index (χ4v) is 5.89. The summed E-state index contributed by atoms with van der Waals surface area (Å²) in [7, 11) is 0. The van der Waals surface area contributed by atoms with Crippen molar-refractivity contribution >= 4 is 41.0 Å². The third kappa shape index (κ3) is 4.23. The van der Waals surface area contributed by atoms with Crippen LogP contribution < -0.4 is 15.5 Å². The molecule has 0 aromatic carbocycles. The van der Waals surface area contributed by atoms with Crippen LogP contribution in [-0.4, -0.2) is 52.2 Å². The van der Waals surface area contributed by atoms with Crippen molar-refractivity contribution < 1.29 is 14.3 Å². The Hall–Kier alpha value is -2.53. The standard InChI is InChI=1S/C21H26N6O3S2/c1-2-30-18(28)16-14(22-19(29)23-17(16)15-6-5-11-31-15)12-32-21-25-24-20(26-9-3-4-10-26)27(21)13-7-8-13/h5-6,11,13,17H,2-4,7-10,12H2,1H3,(H2,22,23,29). The molecule has 0 spiro atoms. The number of rotatable bonds is 8. The lowest BCUT2D eigenvalue weighted by Crippen LogP contribution is -2.46. The molecule has 0 bridgehead atoms. The van der Waals surface area contributed by atoms with E-state index in [1.807, 2.05) is 17.5 Å². The molecule has 4 heterocycles. The van der Waals surface area contributed by atoms with Gasteiger partial charge in [-0.25, -0.2) is 9.59 Å². The van der Waals surface area contributed by atoms with E-state index in [0.717, 1.165) is 41.9 Å². The third-order valence-corrected chi connectivity index (χ3v) is 7.68. The Labute approximate surface area is 194 Å². The maximum atomic E-state index is 12.9. The summed E-state index contributed by atoms with van der Waals surface area (Å²) in [6.45, 7) is 4.07. The van der Waals surface area contributed by atoms with Crippen LogP contribution >= 0.6 is 23.1 Å². The molecule has 2 fully saturated rings. The molecule has 1 saturated heterocycles. The van der Waals surface area contributed by atoms with E-state index in [2.05, 4.69) is 30.3 Å². The van der Waals surface area contributed by atoms with E-state index in [4.69, 9.17) is 4.74 Å². The Morgan fingerprint density at radius 3 is 2.81 bits per heavy atom. The predicted molar refractivity (Wildman–Crippen MR) is 123 cm³/mol. The summed E-state index contributed by atoms with van der Waals surface area (Å²) in [6, 6.07) is 3.40. The number of amides is 2. The van der Waals surface area contributed by atoms with E-state index in [-0.39, 0.29) is 12.6 Å². The van der Waals surface area contributed by atoms with Crippen LogP contribution in [0.15, 0.2) is 33.9 Å². The Bertz CT molecular complexity index is 1020. The summed E-state index contributed by atoms with van der Waals surface area (Å²) in [5.41, 5.74) is 1.00. The molecule has 1 aliphatic carbocycles. The highest BCUT2D eigenvalue weighted by atomic mass is 32.2. The molecule has 3 aliphatic rings. The number of thioether (sulfide) groups is 1. The van der Waals surface area contributed by atoms with Crippen LogP contribution in [0, 0.1) is 0 Å². The van der Waals surface area contributed by atoms with E-state index in [0.29, 0.717) is 23.1 Å². The number of ether oxygens (including phenoxy) is 1. The van der Waals surface area contributed by atoms with Gasteiger partial charge in [0.1, 0.15) is 0 Å². The van der Waals surface area contributed by atoms with Crippen LogP contribution in [0.3, 0.4) is 0 Å². The topological polar surface area (TPSA) is 101 Å². The molecule has 9 nitrogen and oxygen atoms in total. The van der Waals surface area contributed by atoms with Crippen LogP contribution in [0.25, 0.3) is 0 Å². The van der Waals surface area contributed by atoms with Crippen molar-refractivity contribution in [2.24, 2.45) is 0 Å². The van der Waals surface area contributed by atoms with Crippen molar-refractivity contribution in [2.75, 3.05) is 30.3 Å². The molecule has 5 rings (SSSR count). The molecule has 2 N–H and O–H groups in total. The van der Waals surface area contributed by atoms with Gasteiger partial charge < -0.3 is 20.3 Å². The molecule has 170 valence electrons. The van der Waals surface area contributed by atoms with Crippen LogP contribution in [0.4, 0.5) is 10.7 Å². The first-order chi connectivity index (χ1) is 15.7. The molecule has 0 radical (unpaired) electrons. The minimum atomic E-state index is -0.528. The smallest absolute Gasteiger partial charge is 0.338 e. The SMILES string of the molecule is CCOC(=O)C1=C(CSc2nnc(N3CCCC3)n2C2CC2)NC(=O)NC1c1cccs1. The molecule has 2 amide bonds. The number of thiophene rings is 1. The van der Waals surface area contributed by atoms with Gasteiger partial charge in [-0.3, -0.25) is 4.57 Å². The normalized spacial score (nSPS) is 21.0. The second kappa shape index (κ2) is 9.14. The van der Waals surface area contributed by atoms with Gasteiger partial charge in [0.15, 0.2) is 5.16 Å². The van der Waals surface area contributed by atoms with Gasteiger partial charge in [-0.05, 0) is 44.1 Å². The predicted octanol–water partition coefficient (Wildman–Crippen LogP) is 3.24. The fourth-order valence-electron chi connectivity index (χ4n) is 4.14. The summed E-state index contributed by atoms with van der Waals surface area (Å²) in [5.74, 6) is 0.919. The Balaban J connectivity index is 1.44. The van der Waals surface area contributed by atoms with Gasteiger partial charge in [-0.15, -0.1) is 21.5 Å². The van der Waals surface area contributed by atoms with Crippen molar-refractivity contribution in [3.05, 3.63) is 33.7 Å². The maximum Gasteiger partial charge on any atom is 0.338 e. The molecule has 1 saturated carbocycles. The van der Waals surface area contributed by atoms with E-state index < -0.39 is 12.0 Å². The van der Waals surface area contributed by atoms with Crippen molar-refractivity contribution in [1.29, 1.82) is 0 Å². The van der Waals surface area contributed by atoms with Gasteiger partial charge in [0, 0.05) is 35.5 Å². The first-order valence-electron chi connectivity index (χ1n) is 11.0. The quantitative estimate of drug-likeness (QED) is 0.447. The maximum absolute atomic E-state index is 12.9. The van der Waals surface area contributed by atoms with Gasteiger partial charge in [-0.1, -0.05) is 17.8 Å². The lowest BCUT2D eigenvalue weighted by molar-refractivity contribution is -0.139. The summed E-state index contributed by atoms with van der Waals surface area (Å²) in [5, 5.41) is 17.4. The Morgan fingerprint density at radius 2 is 2.12 bits per heavy atom. The zero-order valence-electron chi connectivity index (χ0n) is 17.9. The molecular weight excluding hydrogens is 448 g/mol. The number of anilines is 1. The number of nitrogens with one attached hydrogen (secondary N) is 2. The fraction of sp³-hybridized carbons (Fsp3) is 0.524. The molecule has 2 aromatic rings. The first kappa shape index (κ1) is 21.3. The molecule has 32 heavy (non-hydrogen) atoms. The lowest BCUT2D eigenvalue weighted by atomic mass is 10.0. The summed E-state index contributed by atoms with van der Waals surface area (Å²) in [4.78, 5) is 28.5. The Morgan fingerprint density at radius 1 is 1.31 bits per heavy atom. The van der Waals surface area contributed by atoms with Gasteiger partial charge >= 0.3 is 12.0 Å². The van der Waals surface area contributed by atoms with Gasteiger partial charge in [0.2, 0.25) is 5.95 Å². The second-order valence-electron chi connectivity index (χ2n) is 8.03. The van der Waals surface area contributed by atoms with E-state index in [1.165, 1.54) is 35.9 Å². The second-order valence-corrected chi connectivity index (χ2v) is 9.95. The Kier molecular flexibility index (Phi) is 6.09. The molecule has 2 aromatic heterocycles. The zero-order valence-corrected chi connectivity index (χ0v) is 19.5. The van der Waals surface area contributed by atoms with E-state index in [9.17, 15) is 9.59 Å². The third-order valence-electron chi connectivity index (χ3n) is 5.77. The lowest BCUT2D eigenvalue weighted by Gasteiger charge is -2.28. The van der Waals surface area contributed by atoms with Crippen LogP contribution in [-0.2, 0) is 9.53 Å². The molecule has 1 atom stereocenters. The first-order valence-corrected chi connectivity index (χ1v) is 12.9. The van der Waals surface area contributed by atoms with E-state index >= 15 is 0 Å².